The molecule has 28 heavy (non-hydrogen) atoms. The van der Waals surface area contributed by atoms with Gasteiger partial charge in [0.15, 0.2) is 5.11 Å². The first kappa shape index (κ1) is 20.9. The number of hydrogen-bond donors (Lipinski definition) is 3. The minimum atomic E-state index is 0.451. The van der Waals surface area contributed by atoms with Crippen LogP contribution in [0.4, 0.5) is 5.95 Å². The van der Waals surface area contributed by atoms with Crippen LogP contribution >= 0.6 is 12.2 Å². The summed E-state index contributed by atoms with van der Waals surface area (Å²) in [4.78, 5) is 15.9. The number of morpholine rings is 1. The molecule has 1 aliphatic heterocycles. The highest BCUT2D eigenvalue weighted by molar-refractivity contribution is 7.80. The van der Waals surface area contributed by atoms with E-state index < -0.39 is 0 Å². The van der Waals surface area contributed by atoms with Gasteiger partial charge in [-0.05, 0) is 45.0 Å². The maximum Gasteiger partial charge on any atom is 0.229 e. The summed E-state index contributed by atoms with van der Waals surface area (Å²) in [5.41, 5.74) is 1.82. The first-order chi connectivity index (χ1) is 13.6. The minimum absolute atomic E-state index is 0.451. The highest BCUT2D eigenvalue weighted by Gasteiger charge is 2.16. The Kier molecular flexibility index (Phi) is 7.93. The summed E-state index contributed by atoms with van der Waals surface area (Å²) in [5.74, 6) is 1.10. The van der Waals surface area contributed by atoms with E-state index in [1.165, 1.54) is 25.7 Å². The highest BCUT2D eigenvalue weighted by Crippen LogP contribution is 2.17. The Balaban J connectivity index is 1.61. The summed E-state index contributed by atoms with van der Waals surface area (Å²) in [6.07, 6.45) is 4.85. The van der Waals surface area contributed by atoms with Crippen molar-refractivity contribution in [3.8, 4) is 0 Å². The Hall–Kier alpha value is -1.84. The monoisotopic (exact) mass is 405 g/mol. The molecule has 0 bridgehead atoms. The summed E-state index contributed by atoms with van der Waals surface area (Å²) in [6, 6.07) is 2.40. The van der Waals surface area contributed by atoms with Crippen LogP contribution in [0.2, 0.25) is 0 Å². The number of hydrogen-bond acceptors (Lipinski definition) is 6. The van der Waals surface area contributed by atoms with Crippen molar-refractivity contribution in [3.63, 3.8) is 0 Å². The van der Waals surface area contributed by atoms with E-state index in [4.69, 9.17) is 21.9 Å². The molecule has 9 heteroatoms. The van der Waals surface area contributed by atoms with Crippen LogP contribution in [0.25, 0.3) is 0 Å². The van der Waals surface area contributed by atoms with E-state index >= 15 is 0 Å². The predicted octanol–water partition coefficient (Wildman–Crippen LogP) is 1.60. The van der Waals surface area contributed by atoms with Crippen molar-refractivity contribution >= 4 is 29.2 Å². The van der Waals surface area contributed by atoms with Gasteiger partial charge in [0.1, 0.15) is 0 Å². The Labute approximate surface area is 172 Å². The van der Waals surface area contributed by atoms with Crippen LogP contribution in [0.15, 0.2) is 11.1 Å². The topological polar surface area (TPSA) is 86.7 Å². The summed E-state index contributed by atoms with van der Waals surface area (Å²) >= 11 is 5.50. The van der Waals surface area contributed by atoms with Gasteiger partial charge in [-0.3, -0.25) is 15.2 Å². The molecule has 0 amide bonds. The fourth-order valence-electron chi connectivity index (χ4n) is 3.53. The van der Waals surface area contributed by atoms with E-state index in [9.17, 15) is 0 Å². The zero-order chi connectivity index (χ0) is 19.8. The Morgan fingerprint density at radius 1 is 1.21 bits per heavy atom. The Bertz CT molecular complexity index is 665. The molecule has 3 rings (SSSR count). The van der Waals surface area contributed by atoms with Crippen LogP contribution in [0, 0.1) is 13.8 Å². The maximum atomic E-state index is 5.50. The maximum absolute atomic E-state index is 5.50. The van der Waals surface area contributed by atoms with Crippen molar-refractivity contribution in [2.45, 2.75) is 45.6 Å². The first-order valence-corrected chi connectivity index (χ1v) is 10.5. The molecule has 0 aromatic carbocycles. The van der Waals surface area contributed by atoms with Gasteiger partial charge in [0, 0.05) is 37.1 Å². The molecular formula is C19H31N7OS. The molecule has 2 aliphatic rings. The lowest BCUT2D eigenvalue weighted by Gasteiger charge is -2.25. The van der Waals surface area contributed by atoms with E-state index in [1.807, 2.05) is 19.9 Å². The number of guanidine groups is 1. The summed E-state index contributed by atoms with van der Waals surface area (Å²) < 4.78 is 5.40. The third kappa shape index (κ3) is 6.96. The smallest absolute Gasteiger partial charge is 0.229 e. The summed E-state index contributed by atoms with van der Waals surface area (Å²) in [6.45, 7) is 8.93. The fraction of sp³-hybridized carbons (Fsp3) is 0.684. The van der Waals surface area contributed by atoms with Gasteiger partial charge in [0.2, 0.25) is 11.9 Å². The Morgan fingerprint density at radius 2 is 1.89 bits per heavy atom. The van der Waals surface area contributed by atoms with Crippen LogP contribution in [-0.2, 0) is 4.74 Å². The SMILES string of the molecule is Cc1cc(C)nc(NC(=NCCN2CCOCC2)NC(=S)NC2CCCC2)n1. The predicted molar refractivity (Wildman–Crippen MR) is 116 cm³/mol. The fourth-order valence-corrected chi connectivity index (χ4v) is 3.79. The second-order valence-corrected chi connectivity index (χ2v) is 7.77. The van der Waals surface area contributed by atoms with Gasteiger partial charge in [-0.2, -0.15) is 0 Å². The highest BCUT2D eigenvalue weighted by atomic mass is 32.1. The lowest BCUT2D eigenvalue weighted by Crippen LogP contribution is -2.46. The van der Waals surface area contributed by atoms with Crippen molar-refractivity contribution in [1.29, 1.82) is 0 Å². The lowest BCUT2D eigenvalue weighted by atomic mass is 10.3. The molecule has 1 aromatic heterocycles. The molecule has 2 fully saturated rings. The number of aryl methyl sites for hydroxylation is 2. The molecule has 3 N–H and O–H groups in total. The molecule has 8 nitrogen and oxygen atoms in total. The lowest BCUT2D eigenvalue weighted by molar-refractivity contribution is 0.0394. The normalized spacial score (nSPS) is 18.9. The van der Waals surface area contributed by atoms with Crippen LogP contribution < -0.4 is 16.0 Å². The molecule has 0 unspecified atom stereocenters. The van der Waals surface area contributed by atoms with Crippen molar-refractivity contribution in [1.82, 2.24) is 25.5 Å². The molecule has 1 aliphatic carbocycles. The van der Waals surface area contributed by atoms with Crippen LogP contribution in [0.1, 0.15) is 37.1 Å². The largest absolute Gasteiger partial charge is 0.379 e. The van der Waals surface area contributed by atoms with E-state index in [-0.39, 0.29) is 0 Å². The molecule has 1 saturated carbocycles. The molecule has 0 radical (unpaired) electrons. The summed E-state index contributed by atoms with van der Waals surface area (Å²) in [5, 5.41) is 10.4. The number of aliphatic imine (C=N–C) groups is 1. The molecule has 2 heterocycles. The first-order valence-electron chi connectivity index (χ1n) is 10.1. The second-order valence-electron chi connectivity index (χ2n) is 7.36. The van der Waals surface area contributed by atoms with Gasteiger partial charge in [-0.1, -0.05) is 12.8 Å². The van der Waals surface area contributed by atoms with E-state index in [1.54, 1.807) is 0 Å². The van der Waals surface area contributed by atoms with Gasteiger partial charge < -0.3 is 15.4 Å². The second kappa shape index (κ2) is 10.6. The third-order valence-electron chi connectivity index (χ3n) is 4.92. The number of aromatic nitrogens is 2. The number of nitrogens with zero attached hydrogens (tertiary/aromatic N) is 4. The van der Waals surface area contributed by atoms with Gasteiger partial charge in [0.25, 0.3) is 0 Å². The Morgan fingerprint density at radius 3 is 2.57 bits per heavy atom. The molecule has 1 aromatic rings. The van der Waals surface area contributed by atoms with Gasteiger partial charge in [0.05, 0.1) is 19.8 Å². The number of anilines is 1. The zero-order valence-corrected chi connectivity index (χ0v) is 17.6. The molecule has 154 valence electrons. The number of ether oxygens (including phenoxy) is 1. The average Bonchev–Trinajstić information content (AvgIpc) is 3.14. The van der Waals surface area contributed by atoms with Gasteiger partial charge in [-0.25, -0.2) is 9.97 Å². The molecular weight excluding hydrogens is 374 g/mol. The minimum Gasteiger partial charge on any atom is -0.379 e. The zero-order valence-electron chi connectivity index (χ0n) is 16.8. The van der Waals surface area contributed by atoms with Crippen LogP contribution in [0.5, 0.6) is 0 Å². The summed E-state index contributed by atoms with van der Waals surface area (Å²) in [7, 11) is 0. The van der Waals surface area contributed by atoms with Crippen molar-refractivity contribution in [2.24, 2.45) is 4.99 Å². The van der Waals surface area contributed by atoms with Gasteiger partial charge >= 0.3 is 0 Å². The third-order valence-corrected chi connectivity index (χ3v) is 5.14. The quantitative estimate of drug-likeness (QED) is 0.387. The van der Waals surface area contributed by atoms with Crippen molar-refractivity contribution < 1.29 is 4.74 Å². The number of nitrogens with one attached hydrogen (secondary N) is 3. The van der Waals surface area contributed by atoms with E-state index in [0.29, 0.717) is 29.6 Å². The van der Waals surface area contributed by atoms with Gasteiger partial charge in [-0.15, -0.1) is 0 Å². The van der Waals surface area contributed by atoms with E-state index in [0.717, 1.165) is 44.2 Å². The van der Waals surface area contributed by atoms with Crippen LogP contribution in [-0.4, -0.2) is 71.4 Å². The van der Waals surface area contributed by atoms with Crippen LogP contribution in [0.3, 0.4) is 0 Å². The standard InChI is InChI=1S/C19H31N7OS/c1-14-13-15(2)22-18(21-14)24-17(20-7-8-26-9-11-27-12-10-26)25-19(28)23-16-5-3-4-6-16/h13,16H,3-12H2,1-2H3,(H3,20,21,22,23,24,25,28). The average molecular weight is 406 g/mol. The number of rotatable bonds is 5. The molecule has 0 atom stereocenters. The number of thiocarbonyl (C=S) groups is 1. The molecule has 1 saturated heterocycles. The van der Waals surface area contributed by atoms with Crippen molar-refractivity contribution in [2.75, 3.05) is 44.7 Å². The van der Waals surface area contributed by atoms with E-state index in [2.05, 4.69) is 30.8 Å². The van der Waals surface area contributed by atoms with Crippen molar-refractivity contribution in [3.05, 3.63) is 17.5 Å². The molecule has 0 spiro atoms.